The lowest BCUT2D eigenvalue weighted by atomic mass is 9.93. The quantitative estimate of drug-likeness (QED) is 0.604. The molecular formula is C15H20N3O+. The van der Waals surface area contributed by atoms with Crippen molar-refractivity contribution in [2.45, 2.75) is 25.3 Å². The van der Waals surface area contributed by atoms with E-state index in [0.717, 1.165) is 38.9 Å². The van der Waals surface area contributed by atoms with E-state index in [-0.39, 0.29) is 0 Å². The summed E-state index contributed by atoms with van der Waals surface area (Å²) in [4.78, 5) is 14.5. The molecule has 1 saturated carbocycles. The van der Waals surface area contributed by atoms with E-state index >= 15 is 0 Å². The molecule has 4 rings (SSSR count). The number of nitrogens with zero attached hydrogens (tertiary/aromatic N) is 2. The van der Waals surface area contributed by atoms with Gasteiger partial charge in [0.05, 0.1) is 12.6 Å². The lowest BCUT2D eigenvalue weighted by molar-refractivity contribution is -0.137. The number of quaternary nitrogens is 1. The molecule has 1 aliphatic carbocycles. The first-order valence-electron chi connectivity index (χ1n) is 7.22. The summed E-state index contributed by atoms with van der Waals surface area (Å²) < 4.78 is 0.509. The van der Waals surface area contributed by atoms with Gasteiger partial charge in [-0.2, -0.15) is 5.84 Å². The molecular weight excluding hydrogens is 238 g/mol. The molecule has 2 unspecified atom stereocenters. The van der Waals surface area contributed by atoms with Gasteiger partial charge in [-0.3, -0.25) is 4.79 Å². The van der Waals surface area contributed by atoms with Crippen LogP contribution in [-0.4, -0.2) is 36.5 Å². The van der Waals surface area contributed by atoms with Gasteiger partial charge >= 0.3 is 0 Å². The van der Waals surface area contributed by atoms with Crippen molar-refractivity contribution in [1.82, 2.24) is 9.49 Å². The zero-order chi connectivity index (χ0) is 13.0. The second-order valence-electron chi connectivity index (χ2n) is 6.23. The molecule has 4 heteroatoms. The van der Waals surface area contributed by atoms with E-state index in [1.807, 2.05) is 0 Å². The van der Waals surface area contributed by atoms with E-state index in [9.17, 15) is 4.79 Å². The van der Waals surface area contributed by atoms with Crippen molar-refractivity contribution in [3.63, 3.8) is 0 Å². The minimum atomic E-state index is 0.293. The molecule has 2 heterocycles. The highest BCUT2D eigenvalue weighted by atomic mass is 16.2. The Morgan fingerprint density at radius 1 is 1.32 bits per heavy atom. The number of carbonyl (C=O) groups excluding carboxylic acids is 1. The average molecular weight is 258 g/mol. The van der Waals surface area contributed by atoms with Crippen LogP contribution >= 0.6 is 0 Å². The number of piperazine rings is 1. The van der Waals surface area contributed by atoms with E-state index in [4.69, 9.17) is 5.84 Å². The van der Waals surface area contributed by atoms with Crippen LogP contribution in [0.4, 0.5) is 5.69 Å². The Bertz CT molecular complexity index is 540. The predicted molar refractivity (Wildman–Crippen MR) is 74.1 cm³/mol. The number of nitrogens with two attached hydrogens (primary N) is 1. The highest BCUT2D eigenvalue weighted by Crippen LogP contribution is 2.37. The van der Waals surface area contributed by atoms with E-state index in [1.165, 1.54) is 11.3 Å². The van der Waals surface area contributed by atoms with Gasteiger partial charge in [-0.1, -0.05) is 18.2 Å². The highest BCUT2D eigenvalue weighted by Gasteiger charge is 2.48. The standard InChI is InChI=1S/C15H20N3O/c16-18-8-7-17(15(19)11-5-6-11)13(10-18)9-12-3-1-2-4-14(12)18/h1-4,11,13H,5-10,16H2/q+1. The molecule has 1 saturated heterocycles. The molecule has 2 aliphatic heterocycles. The van der Waals surface area contributed by atoms with Gasteiger partial charge in [0, 0.05) is 24.0 Å². The lowest BCUT2D eigenvalue weighted by Gasteiger charge is -2.49. The van der Waals surface area contributed by atoms with E-state index in [2.05, 4.69) is 29.2 Å². The Morgan fingerprint density at radius 3 is 2.89 bits per heavy atom. The number of para-hydroxylation sites is 1. The Kier molecular flexibility index (Phi) is 2.29. The summed E-state index contributed by atoms with van der Waals surface area (Å²) in [5.41, 5.74) is 2.56. The Balaban J connectivity index is 1.68. The molecule has 3 aliphatic rings. The first-order valence-corrected chi connectivity index (χ1v) is 7.22. The maximum absolute atomic E-state index is 12.4. The van der Waals surface area contributed by atoms with Crippen molar-refractivity contribution < 1.29 is 4.79 Å². The normalized spacial score (nSPS) is 32.9. The number of hydrogen-bond acceptors (Lipinski definition) is 2. The van der Waals surface area contributed by atoms with Crippen molar-refractivity contribution in [3.8, 4) is 0 Å². The molecule has 4 nitrogen and oxygen atoms in total. The van der Waals surface area contributed by atoms with E-state index < -0.39 is 0 Å². The number of benzene rings is 1. The van der Waals surface area contributed by atoms with E-state index in [0.29, 0.717) is 22.5 Å². The highest BCUT2D eigenvalue weighted by molar-refractivity contribution is 5.82. The summed E-state index contributed by atoms with van der Waals surface area (Å²) >= 11 is 0. The van der Waals surface area contributed by atoms with Crippen molar-refractivity contribution in [2.24, 2.45) is 11.8 Å². The zero-order valence-electron chi connectivity index (χ0n) is 11.1. The molecule has 2 fully saturated rings. The van der Waals surface area contributed by atoms with Crippen LogP contribution < -0.4 is 10.4 Å². The van der Waals surface area contributed by atoms with Crippen LogP contribution in [0.1, 0.15) is 18.4 Å². The third-order valence-corrected chi connectivity index (χ3v) is 4.85. The molecule has 19 heavy (non-hydrogen) atoms. The lowest BCUT2D eigenvalue weighted by Crippen LogP contribution is -2.72. The van der Waals surface area contributed by atoms with Crippen molar-refractivity contribution in [1.29, 1.82) is 0 Å². The number of rotatable bonds is 1. The van der Waals surface area contributed by atoms with Crippen LogP contribution in [0.5, 0.6) is 0 Å². The van der Waals surface area contributed by atoms with Gasteiger partial charge in [0.25, 0.3) is 0 Å². The summed E-state index contributed by atoms with van der Waals surface area (Å²) in [7, 11) is 0. The fourth-order valence-corrected chi connectivity index (χ4v) is 3.65. The maximum Gasteiger partial charge on any atom is 0.226 e. The molecule has 100 valence electrons. The number of carbonyl (C=O) groups is 1. The molecule has 2 bridgehead atoms. The van der Waals surface area contributed by atoms with Gasteiger partial charge in [0.2, 0.25) is 5.91 Å². The van der Waals surface area contributed by atoms with Crippen LogP contribution in [0.15, 0.2) is 24.3 Å². The van der Waals surface area contributed by atoms with Crippen LogP contribution in [-0.2, 0) is 11.2 Å². The minimum Gasteiger partial charge on any atom is -0.328 e. The second kappa shape index (κ2) is 3.81. The summed E-state index contributed by atoms with van der Waals surface area (Å²) in [6.45, 7) is 2.52. The van der Waals surface area contributed by atoms with Crippen LogP contribution in [0.3, 0.4) is 0 Å². The molecule has 0 radical (unpaired) electrons. The Labute approximate surface area is 113 Å². The summed E-state index contributed by atoms with van der Waals surface area (Å²) in [6, 6.07) is 8.73. The van der Waals surface area contributed by atoms with Gasteiger partial charge in [-0.05, 0) is 12.8 Å². The van der Waals surface area contributed by atoms with Gasteiger partial charge < -0.3 is 4.90 Å². The van der Waals surface area contributed by atoms with Crippen LogP contribution in [0.25, 0.3) is 0 Å². The molecule has 0 aromatic heterocycles. The third kappa shape index (κ3) is 1.70. The van der Waals surface area contributed by atoms with Crippen molar-refractivity contribution in [2.75, 3.05) is 19.6 Å². The molecule has 1 aromatic carbocycles. The molecule has 0 spiro atoms. The molecule has 2 atom stereocenters. The third-order valence-electron chi connectivity index (χ3n) is 4.85. The van der Waals surface area contributed by atoms with Crippen molar-refractivity contribution in [3.05, 3.63) is 29.8 Å². The summed E-state index contributed by atoms with van der Waals surface area (Å²) in [6.07, 6.45) is 3.13. The monoisotopic (exact) mass is 258 g/mol. The number of amides is 1. The van der Waals surface area contributed by atoms with Gasteiger partial charge in [-0.15, -0.1) is 0 Å². The van der Waals surface area contributed by atoms with Crippen molar-refractivity contribution >= 4 is 11.6 Å². The fourth-order valence-electron chi connectivity index (χ4n) is 3.65. The average Bonchev–Trinajstić information content (AvgIpc) is 3.22. The largest absolute Gasteiger partial charge is 0.328 e. The summed E-state index contributed by atoms with van der Waals surface area (Å²) in [5, 5.41) is 0. The van der Waals surface area contributed by atoms with Gasteiger partial charge in [-0.25, -0.2) is 4.59 Å². The molecule has 1 aromatic rings. The summed E-state index contributed by atoms with van der Waals surface area (Å²) in [5.74, 6) is 7.25. The molecule has 2 N–H and O–H groups in total. The Hall–Kier alpha value is -1.39. The Morgan fingerprint density at radius 2 is 2.11 bits per heavy atom. The predicted octanol–water partition coefficient (Wildman–Crippen LogP) is 1.04. The maximum atomic E-state index is 12.4. The SMILES string of the molecule is N[N+]12CCN(C(=O)C3CC3)C(Cc3ccccc31)C2. The van der Waals surface area contributed by atoms with Crippen LogP contribution in [0.2, 0.25) is 0 Å². The number of fused-ring (bicyclic) bond motifs is 4. The van der Waals surface area contributed by atoms with Crippen LogP contribution in [0, 0.1) is 5.92 Å². The number of hydrogen-bond donors (Lipinski definition) is 1. The smallest absolute Gasteiger partial charge is 0.226 e. The van der Waals surface area contributed by atoms with E-state index in [1.54, 1.807) is 0 Å². The first kappa shape index (κ1) is 11.4. The van der Waals surface area contributed by atoms with Gasteiger partial charge in [0.1, 0.15) is 13.1 Å². The fraction of sp³-hybridized carbons (Fsp3) is 0.533. The molecule has 1 amide bonds. The second-order valence-corrected chi connectivity index (χ2v) is 6.23. The minimum absolute atomic E-state index is 0.293. The zero-order valence-corrected chi connectivity index (χ0v) is 11.1. The topological polar surface area (TPSA) is 46.3 Å². The first-order chi connectivity index (χ1) is 9.17. The van der Waals surface area contributed by atoms with Gasteiger partial charge in [0.15, 0.2) is 5.69 Å².